The van der Waals surface area contributed by atoms with Gasteiger partial charge in [-0.1, -0.05) is 12.1 Å². The second-order valence-corrected chi connectivity index (χ2v) is 7.58. The molecule has 0 bridgehead atoms. The van der Waals surface area contributed by atoms with Crippen molar-refractivity contribution in [3.8, 4) is 0 Å². The predicted octanol–water partition coefficient (Wildman–Crippen LogP) is 3.67. The summed E-state index contributed by atoms with van der Waals surface area (Å²) >= 11 is 0. The number of nitrogens with zero attached hydrogens (tertiary/aromatic N) is 3. The molecule has 1 amide bonds. The van der Waals surface area contributed by atoms with Gasteiger partial charge in [-0.2, -0.15) is 0 Å². The highest BCUT2D eigenvalue weighted by atomic mass is 16.6. The Morgan fingerprint density at radius 1 is 0.933 bits per heavy atom. The van der Waals surface area contributed by atoms with Gasteiger partial charge in [0, 0.05) is 37.8 Å². The second-order valence-electron chi connectivity index (χ2n) is 7.58. The standard InChI is InChI=1S/C22H26N4O4/c27-22(23-18-6-2-3-7-19(18)24-10-4-1-5-11-24)17-8-9-20(21(16-17)26(28)29)25-12-14-30-15-13-25/h2-3,6-9,16H,1,4-5,10-15H2,(H,23,27). The smallest absolute Gasteiger partial charge is 0.293 e. The van der Waals surface area contributed by atoms with Gasteiger partial charge in [0.1, 0.15) is 5.69 Å². The zero-order chi connectivity index (χ0) is 20.9. The molecular weight excluding hydrogens is 384 g/mol. The van der Waals surface area contributed by atoms with Gasteiger partial charge >= 0.3 is 0 Å². The van der Waals surface area contributed by atoms with Gasteiger partial charge in [0.05, 0.1) is 29.5 Å². The number of morpholine rings is 1. The number of ether oxygens (including phenoxy) is 1. The highest BCUT2D eigenvalue weighted by Gasteiger charge is 2.24. The Hall–Kier alpha value is -3.13. The minimum atomic E-state index is -0.427. The highest BCUT2D eigenvalue weighted by Crippen LogP contribution is 2.32. The third-order valence-electron chi connectivity index (χ3n) is 5.64. The molecule has 1 N–H and O–H groups in total. The first-order valence-electron chi connectivity index (χ1n) is 10.4. The van der Waals surface area contributed by atoms with Gasteiger partial charge in [0.2, 0.25) is 0 Å². The maximum absolute atomic E-state index is 12.9. The molecule has 158 valence electrons. The summed E-state index contributed by atoms with van der Waals surface area (Å²) in [5.41, 5.74) is 2.45. The van der Waals surface area contributed by atoms with E-state index in [1.807, 2.05) is 29.2 Å². The molecule has 0 radical (unpaired) electrons. The fourth-order valence-corrected chi connectivity index (χ4v) is 4.07. The normalized spacial score (nSPS) is 16.9. The van der Waals surface area contributed by atoms with Crippen LogP contribution in [0.3, 0.4) is 0 Å². The summed E-state index contributed by atoms with van der Waals surface area (Å²) < 4.78 is 5.33. The average Bonchev–Trinajstić information content (AvgIpc) is 2.80. The molecule has 8 heteroatoms. The van der Waals surface area contributed by atoms with Gasteiger partial charge in [-0.15, -0.1) is 0 Å². The number of nitrogens with one attached hydrogen (secondary N) is 1. The third kappa shape index (κ3) is 4.38. The fraction of sp³-hybridized carbons (Fsp3) is 0.409. The number of carbonyl (C=O) groups is 1. The lowest BCUT2D eigenvalue weighted by Crippen LogP contribution is -2.36. The van der Waals surface area contributed by atoms with Crippen molar-refractivity contribution in [2.75, 3.05) is 54.5 Å². The molecule has 0 saturated carbocycles. The Kier molecular flexibility index (Phi) is 6.13. The Balaban J connectivity index is 1.57. The zero-order valence-corrected chi connectivity index (χ0v) is 16.9. The van der Waals surface area contributed by atoms with E-state index in [1.165, 1.54) is 12.5 Å². The van der Waals surface area contributed by atoms with Crippen LogP contribution >= 0.6 is 0 Å². The Morgan fingerprint density at radius 2 is 1.63 bits per heavy atom. The highest BCUT2D eigenvalue weighted by molar-refractivity contribution is 6.06. The molecular formula is C22H26N4O4. The second kappa shape index (κ2) is 9.13. The number of hydrogen-bond acceptors (Lipinski definition) is 6. The van der Waals surface area contributed by atoms with Crippen LogP contribution in [0.2, 0.25) is 0 Å². The van der Waals surface area contributed by atoms with Crippen molar-refractivity contribution in [2.24, 2.45) is 0 Å². The van der Waals surface area contributed by atoms with Gasteiger partial charge in [-0.3, -0.25) is 14.9 Å². The number of benzene rings is 2. The number of carbonyl (C=O) groups excluding carboxylic acids is 1. The molecule has 30 heavy (non-hydrogen) atoms. The van der Waals surface area contributed by atoms with Crippen molar-refractivity contribution in [3.63, 3.8) is 0 Å². The molecule has 2 aromatic carbocycles. The Bertz CT molecular complexity index is 921. The number of rotatable bonds is 5. The lowest BCUT2D eigenvalue weighted by atomic mass is 10.1. The third-order valence-corrected chi connectivity index (χ3v) is 5.64. The van der Waals surface area contributed by atoms with Crippen LogP contribution in [0.4, 0.5) is 22.7 Å². The van der Waals surface area contributed by atoms with Gasteiger partial charge in [-0.05, 0) is 43.5 Å². The number of para-hydroxylation sites is 2. The van der Waals surface area contributed by atoms with Crippen molar-refractivity contribution in [2.45, 2.75) is 19.3 Å². The minimum Gasteiger partial charge on any atom is -0.378 e. The molecule has 0 spiro atoms. The van der Waals surface area contributed by atoms with Crippen LogP contribution in [0.25, 0.3) is 0 Å². The van der Waals surface area contributed by atoms with Gasteiger partial charge in [0.25, 0.3) is 11.6 Å². The topological polar surface area (TPSA) is 88.0 Å². The van der Waals surface area contributed by atoms with E-state index >= 15 is 0 Å². The maximum atomic E-state index is 12.9. The number of amides is 1. The summed E-state index contributed by atoms with van der Waals surface area (Å²) in [5, 5.41) is 14.6. The fourth-order valence-electron chi connectivity index (χ4n) is 4.07. The van der Waals surface area contributed by atoms with Crippen LogP contribution in [-0.4, -0.2) is 50.2 Å². The van der Waals surface area contributed by atoms with Crippen molar-refractivity contribution in [1.82, 2.24) is 0 Å². The molecule has 2 heterocycles. The largest absolute Gasteiger partial charge is 0.378 e. The molecule has 4 rings (SSSR count). The molecule has 2 aliphatic heterocycles. The summed E-state index contributed by atoms with van der Waals surface area (Å²) in [6, 6.07) is 12.4. The molecule has 0 aliphatic carbocycles. The molecule has 2 fully saturated rings. The number of nitro groups is 1. The quantitative estimate of drug-likeness (QED) is 0.598. The van der Waals surface area contributed by atoms with Crippen molar-refractivity contribution in [3.05, 3.63) is 58.1 Å². The van der Waals surface area contributed by atoms with Gasteiger partial charge in [-0.25, -0.2) is 0 Å². The minimum absolute atomic E-state index is 0.0612. The van der Waals surface area contributed by atoms with Crippen molar-refractivity contribution < 1.29 is 14.5 Å². The van der Waals surface area contributed by atoms with Crippen LogP contribution in [0.5, 0.6) is 0 Å². The Morgan fingerprint density at radius 3 is 2.37 bits per heavy atom. The van der Waals surface area contributed by atoms with E-state index in [1.54, 1.807) is 12.1 Å². The van der Waals surface area contributed by atoms with Gasteiger partial charge in [0.15, 0.2) is 0 Å². The number of hydrogen-bond donors (Lipinski definition) is 1. The van der Waals surface area contributed by atoms with E-state index < -0.39 is 4.92 Å². The molecule has 2 aliphatic rings. The van der Waals surface area contributed by atoms with E-state index in [4.69, 9.17) is 4.74 Å². The predicted molar refractivity (Wildman–Crippen MR) is 117 cm³/mol. The van der Waals surface area contributed by atoms with Crippen molar-refractivity contribution >= 4 is 28.7 Å². The van der Waals surface area contributed by atoms with Crippen molar-refractivity contribution in [1.29, 1.82) is 0 Å². The van der Waals surface area contributed by atoms with E-state index in [-0.39, 0.29) is 17.2 Å². The van der Waals surface area contributed by atoms with Crippen LogP contribution in [0.15, 0.2) is 42.5 Å². The number of anilines is 3. The van der Waals surface area contributed by atoms with E-state index in [9.17, 15) is 14.9 Å². The maximum Gasteiger partial charge on any atom is 0.293 e. The first-order valence-corrected chi connectivity index (χ1v) is 10.4. The number of piperidine rings is 1. The lowest BCUT2D eigenvalue weighted by molar-refractivity contribution is -0.384. The van der Waals surface area contributed by atoms with E-state index in [0.717, 1.165) is 37.3 Å². The summed E-state index contributed by atoms with van der Waals surface area (Å²) in [6.45, 7) is 4.18. The summed E-state index contributed by atoms with van der Waals surface area (Å²) in [7, 11) is 0. The van der Waals surface area contributed by atoms with E-state index in [0.29, 0.717) is 32.0 Å². The first-order chi connectivity index (χ1) is 14.6. The molecule has 2 aromatic rings. The SMILES string of the molecule is O=C(Nc1ccccc1N1CCCCC1)c1ccc(N2CCOCC2)c([N+](=O)[O-])c1. The summed E-state index contributed by atoms with van der Waals surface area (Å²) in [5.74, 6) is -0.351. The molecule has 0 atom stereocenters. The summed E-state index contributed by atoms with van der Waals surface area (Å²) in [4.78, 5) is 28.4. The zero-order valence-electron chi connectivity index (χ0n) is 16.9. The van der Waals surface area contributed by atoms with Crippen LogP contribution < -0.4 is 15.1 Å². The van der Waals surface area contributed by atoms with E-state index in [2.05, 4.69) is 10.2 Å². The Labute approximate surface area is 175 Å². The van der Waals surface area contributed by atoms with Crippen LogP contribution in [-0.2, 0) is 4.74 Å². The van der Waals surface area contributed by atoms with Crippen LogP contribution in [0, 0.1) is 10.1 Å². The monoisotopic (exact) mass is 410 g/mol. The van der Waals surface area contributed by atoms with Crippen LogP contribution in [0.1, 0.15) is 29.6 Å². The number of nitro benzene ring substituents is 1. The molecule has 0 aromatic heterocycles. The average molecular weight is 410 g/mol. The lowest BCUT2D eigenvalue weighted by Gasteiger charge is -2.30. The van der Waals surface area contributed by atoms with Gasteiger partial charge < -0.3 is 19.9 Å². The summed E-state index contributed by atoms with van der Waals surface area (Å²) in [6.07, 6.45) is 3.50. The molecule has 8 nitrogen and oxygen atoms in total. The molecule has 2 saturated heterocycles. The first kappa shape index (κ1) is 20.2. The molecule has 0 unspecified atom stereocenters.